The van der Waals surface area contributed by atoms with Gasteiger partial charge in [0.15, 0.2) is 0 Å². The number of benzene rings is 1. The van der Waals surface area contributed by atoms with E-state index in [1.807, 2.05) is 4.90 Å². The summed E-state index contributed by atoms with van der Waals surface area (Å²) in [5.41, 5.74) is 0.442. The van der Waals surface area contributed by atoms with E-state index in [1.54, 1.807) is 13.0 Å². The summed E-state index contributed by atoms with van der Waals surface area (Å²) in [4.78, 5) is 18.4. The molecule has 1 aromatic heterocycles. The van der Waals surface area contributed by atoms with Crippen molar-refractivity contribution < 1.29 is 21.6 Å². The molecule has 1 fully saturated rings. The summed E-state index contributed by atoms with van der Waals surface area (Å²) in [7, 11) is -7.41. The van der Waals surface area contributed by atoms with Gasteiger partial charge in [0, 0.05) is 44.3 Å². The van der Waals surface area contributed by atoms with Crippen LogP contribution in [0.15, 0.2) is 58.6 Å². The van der Waals surface area contributed by atoms with Crippen LogP contribution in [0.5, 0.6) is 0 Å². The van der Waals surface area contributed by atoms with Gasteiger partial charge >= 0.3 is 0 Å². The van der Waals surface area contributed by atoms with Gasteiger partial charge in [-0.1, -0.05) is 0 Å². The number of amides is 1. The fourth-order valence-electron chi connectivity index (χ4n) is 3.12. The number of nitrogens with one attached hydrogen (secondary N) is 1. The van der Waals surface area contributed by atoms with Crippen molar-refractivity contribution >= 4 is 31.6 Å². The van der Waals surface area contributed by atoms with Gasteiger partial charge in [0.2, 0.25) is 26.0 Å². The SMILES string of the molecule is CC(C(=O)Nc1ccc(S(N)(=O)=O)cc1)N1CCN(S(=O)(=O)c2cccnc2)CC1. The minimum Gasteiger partial charge on any atom is -0.325 e. The van der Waals surface area contributed by atoms with Gasteiger partial charge in [-0.05, 0) is 43.3 Å². The Balaban J connectivity index is 1.58. The zero-order valence-corrected chi connectivity index (χ0v) is 17.9. The molecule has 3 rings (SSSR count). The van der Waals surface area contributed by atoms with Crippen LogP contribution >= 0.6 is 0 Å². The summed E-state index contributed by atoms with van der Waals surface area (Å²) in [5, 5.41) is 7.79. The Morgan fingerprint density at radius 1 is 1.03 bits per heavy atom. The largest absolute Gasteiger partial charge is 0.325 e. The Bertz CT molecular complexity index is 1100. The third-order valence-electron chi connectivity index (χ3n) is 4.92. The van der Waals surface area contributed by atoms with E-state index in [0.29, 0.717) is 18.8 Å². The Morgan fingerprint density at radius 3 is 2.20 bits per heavy atom. The number of carbonyl (C=O) groups excluding carboxylic acids is 1. The van der Waals surface area contributed by atoms with Crippen molar-refractivity contribution in [1.82, 2.24) is 14.2 Å². The van der Waals surface area contributed by atoms with Crippen molar-refractivity contribution in [2.24, 2.45) is 5.14 Å². The van der Waals surface area contributed by atoms with Crippen LogP contribution in [0.2, 0.25) is 0 Å². The molecule has 1 unspecified atom stereocenters. The molecule has 3 N–H and O–H groups in total. The van der Waals surface area contributed by atoms with Crippen LogP contribution in [-0.4, -0.2) is 69.2 Å². The molecule has 30 heavy (non-hydrogen) atoms. The number of nitrogens with zero attached hydrogens (tertiary/aromatic N) is 3. The first kappa shape index (κ1) is 22.3. The van der Waals surface area contributed by atoms with Gasteiger partial charge in [-0.3, -0.25) is 14.7 Å². The van der Waals surface area contributed by atoms with Gasteiger partial charge in [-0.2, -0.15) is 4.31 Å². The maximum atomic E-state index is 12.7. The highest BCUT2D eigenvalue weighted by Gasteiger charge is 2.31. The highest BCUT2D eigenvalue weighted by atomic mass is 32.2. The van der Waals surface area contributed by atoms with Crippen LogP contribution in [-0.2, 0) is 24.8 Å². The number of aromatic nitrogens is 1. The Hall–Kier alpha value is -2.38. The fourth-order valence-corrected chi connectivity index (χ4v) is 5.02. The lowest BCUT2D eigenvalue weighted by Crippen LogP contribution is -2.53. The van der Waals surface area contributed by atoms with Crippen LogP contribution in [0.4, 0.5) is 5.69 Å². The van der Waals surface area contributed by atoms with Crippen molar-refractivity contribution in [2.75, 3.05) is 31.5 Å². The molecular weight excluding hydrogens is 430 g/mol. The topological polar surface area (TPSA) is 143 Å². The third kappa shape index (κ3) is 5.02. The van der Waals surface area contributed by atoms with Gasteiger partial charge in [0.05, 0.1) is 10.9 Å². The van der Waals surface area contributed by atoms with Crippen molar-refractivity contribution in [1.29, 1.82) is 0 Å². The van der Waals surface area contributed by atoms with Crippen LogP contribution in [0.3, 0.4) is 0 Å². The lowest BCUT2D eigenvalue weighted by molar-refractivity contribution is -0.121. The normalized spacial score (nSPS) is 17.4. The molecule has 2 heterocycles. The number of primary sulfonamides is 1. The summed E-state index contributed by atoms with van der Waals surface area (Å²) in [6.45, 7) is 3.06. The molecule has 162 valence electrons. The van der Waals surface area contributed by atoms with Crippen molar-refractivity contribution in [2.45, 2.75) is 22.8 Å². The second kappa shape index (κ2) is 8.78. The van der Waals surface area contributed by atoms with Crippen LogP contribution in [0, 0.1) is 0 Å². The third-order valence-corrected chi connectivity index (χ3v) is 7.73. The Morgan fingerprint density at radius 2 is 1.67 bits per heavy atom. The molecule has 1 amide bonds. The fraction of sp³-hybridized carbons (Fsp3) is 0.333. The molecule has 0 bridgehead atoms. The van der Waals surface area contributed by atoms with E-state index in [4.69, 9.17) is 5.14 Å². The first-order valence-electron chi connectivity index (χ1n) is 9.17. The molecule has 12 heteroatoms. The zero-order chi connectivity index (χ0) is 21.9. The molecule has 1 aliphatic heterocycles. The molecule has 2 aromatic rings. The van der Waals surface area contributed by atoms with Crippen LogP contribution < -0.4 is 10.5 Å². The Labute approximate surface area is 175 Å². The van der Waals surface area contributed by atoms with E-state index in [9.17, 15) is 21.6 Å². The van der Waals surface area contributed by atoms with E-state index in [-0.39, 0.29) is 28.8 Å². The first-order chi connectivity index (χ1) is 14.1. The molecule has 1 atom stereocenters. The van der Waals surface area contributed by atoms with E-state index in [1.165, 1.54) is 47.0 Å². The predicted octanol–water partition coefficient (Wildman–Crippen LogP) is 0.0625. The average Bonchev–Trinajstić information content (AvgIpc) is 2.73. The lowest BCUT2D eigenvalue weighted by Gasteiger charge is -2.36. The van der Waals surface area contributed by atoms with E-state index in [0.717, 1.165) is 0 Å². The van der Waals surface area contributed by atoms with Crippen molar-refractivity contribution in [3.8, 4) is 0 Å². The van der Waals surface area contributed by atoms with Crippen molar-refractivity contribution in [3.63, 3.8) is 0 Å². The number of pyridine rings is 1. The number of anilines is 1. The molecule has 0 aliphatic carbocycles. The lowest BCUT2D eigenvalue weighted by atomic mass is 10.2. The Kier molecular flexibility index (Phi) is 6.53. The first-order valence-corrected chi connectivity index (χ1v) is 12.2. The van der Waals surface area contributed by atoms with Crippen LogP contribution in [0.1, 0.15) is 6.92 Å². The molecule has 1 aromatic carbocycles. The molecular formula is C18H23N5O5S2. The smallest absolute Gasteiger partial charge is 0.244 e. The highest BCUT2D eigenvalue weighted by Crippen LogP contribution is 2.18. The number of sulfonamides is 2. The van der Waals surface area contributed by atoms with Crippen LogP contribution in [0.25, 0.3) is 0 Å². The minimum absolute atomic E-state index is 0.0421. The molecule has 0 spiro atoms. The summed E-state index contributed by atoms with van der Waals surface area (Å²) < 4.78 is 49.3. The number of rotatable bonds is 6. The molecule has 10 nitrogen and oxygen atoms in total. The number of piperazine rings is 1. The second-order valence-corrected chi connectivity index (χ2v) is 10.4. The summed E-state index contributed by atoms with van der Waals surface area (Å²) in [6.07, 6.45) is 2.83. The van der Waals surface area contributed by atoms with E-state index in [2.05, 4.69) is 10.3 Å². The summed E-state index contributed by atoms with van der Waals surface area (Å²) in [5.74, 6) is -0.276. The zero-order valence-electron chi connectivity index (χ0n) is 16.3. The molecule has 1 saturated heterocycles. The van der Waals surface area contributed by atoms with E-state index >= 15 is 0 Å². The predicted molar refractivity (Wildman–Crippen MR) is 110 cm³/mol. The van der Waals surface area contributed by atoms with Gasteiger partial charge in [0.25, 0.3) is 0 Å². The maximum Gasteiger partial charge on any atom is 0.244 e. The van der Waals surface area contributed by atoms with E-state index < -0.39 is 26.1 Å². The highest BCUT2D eigenvalue weighted by molar-refractivity contribution is 7.89. The summed E-state index contributed by atoms with van der Waals surface area (Å²) >= 11 is 0. The molecule has 0 radical (unpaired) electrons. The van der Waals surface area contributed by atoms with Crippen molar-refractivity contribution in [3.05, 3.63) is 48.8 Å². The van der Waals surface area contributed by atoms with Gasteiger partial charge < -0.3 is 5.32 Å². The summed E-state index contributed by atoms with van der Waals surface area (Å²) in [6, 6.07) is 8.14. The quantitative estimate of drug-likeness (QED) is 0.630. The maximum absolute atomic E-state index is 12.7. The minimum atomic E-state index is -3.80. The number of hydrogen-bond donors (Lipinski definition) is 2. The monoisotopic (exact) mass is 453 g/mol. The second-order valence-electron chi connectivity index (χ2n) is 6.86. The molecule has 1 aliphatic rings. The number of carbonyl (C=O) groups is 1. The standard InChI is InChI=1S/C18H23N5O5S2/c1-14(18(24)21-15-4-6-16(7-5-15)29(19,25)26)22-9-11-23(12-10-22)30(27,28)17-3-2-8-20-13-17/h2-8,13-14H,9-12H2,1H3,(H,21,24)(H2,19,25,26). The number of hydrogen-bond acceptors (Lipinski definition) is 7. The van der Waals surface area contributed by atoms with Gasteiger partial charge in [0.1, 0.15) is 4.90 Å². The van der Waals surface area contributed by atoms with Gasteiger partial charge in [-0.25, -0.2) is 22.0 Å². The van der Waals surface area contributed by atoms with Gasteiger partial charge in [-0.15, -0.1) is 0 Å². The molecule has 0 saturated carbocycles. The average molecular weight is 454 g/mol. The number of nitrogens with two attached hydrogens (primary N) is 1.